The van der Waals surface area contributed by atoms with Gasteiger partial charge in [0.1, 0.15) is 5.76 Å². The Morgan fingerprint density at radius 1 is 1.33 bits per heavy atom. The molecule has 0 aromatic rings. The van der Waals surface area contributed by atoms with Crippen molar-refractivity contribution in [2.45, 2.75) is 0 Å². The summed E-state index contributed by atoms with van der Waals surface area (Å²) in [7, 11) is 0. The normalized spacial score (nSPS) is 11.1. The third-order valence-electron chi connectivity index (χ3n) is 0.552. The van der Waals surface area contributed by atoms with Crippen molar-refractivity contribution in [3.05, 3.63) is 36.6 Å². The third kappa shape index (κ3) is 3.46. The quantitative estimate of drug-likeness (QED) is 0.451. The van der Waals surface area contributed by atoms with Gasteiger partial charge in [0.05, 0.1) is 0 Å². The zero-order valence-electron chi connectivity index (χ0n) is 4.69. The molecule has 0 aromatic heterocycles. The van der Waals surface area contributed by atoms with E-state index in [9.17, 15) is 8.78 Å². The summed E-state index contributed by atoms with van der Waals surface area (Å²) in [5, 5.41) is 8.25. The molecule has 0 aromatic carbocycles. The lowest BCUT2D eigenvalue weighted by atomic mass is 10.4. The molecule has 0 spiro atoms. The van der Waals surface area contributed by atoms with E-state index in [4.69, 9.17) is 5.11 Å². The van der Waals surface area contributed by atoms with E-state index in [-0.39, 0.29) is 0 Å². The Labute approximate surface area is 51.6 Å². The van der Waals surface area contributed by atoms with Crippen molar-refractivity contribution in [2.24, 2.45) is 0 Å². The predicted molar refractivity (Wildman–Crippen MR) is 31.2 cm³/mol. The van der Waals surface area contributed by atoms with E-state index < -0.39 is 17.4 Å². The van der Waals surface area contributed by atoms with Crippen LogP contribution in [0.5, 0.6) is 0 Å². The summed E-state index contributed by atoms with van der Waals surface area (Å²) in [4.78, 5) is 0. The van der Waals surface area contributed by atoms with Crippen LogP contribution >= 0.6 is 0 Å². The first kappa shape index (κ1) is 7.88. The molecule has 0 amide bonds. The average Bonchev–Trinajstić information content (AvgIpc) is 1.63. The van der Waals surface area contributed by atoms with E-state index in [0.717, 1.165) is 0 Å². The maximum absolute atomic E-state index is 11.9. The first-order valence-corrected chi connectivity index (χ1v) is 2.14. The zero-order chi connectivity index (χ0) is 7.44. The van der Waals surface area contributed by atoms with E-state index in [1.54, 1.807) is 0 Å². The van der Waals surface area contributed by atoms with Crippen LogP contribution in [0.15, 0.2) is 36.6 Å². The number of hydrogen-bond donors (Lipinski definition) is 1. The van der Waals surface area contributed by atoms with Gasteiger partial charge in [-0.1, -0.05) is 13.2 Å². The van der Waals surface area contributed by atoms with Crippen LogP contribution in [0.4, 0.5) is 8.78 Å². The summed E-state index contributed by atoms with van der Waals surface area (Å²) < 4.78 is 23.6. The highest BCUT2D eigenvalue weighted by Crippen LogP contribution is 2.10. The van der Waals surface area contributed by atoms with E-state index >= 15 is 0 Å². The standard InChI is InChI=1S/C6H6F2O/c1-4(9)3-6(8)5(2)7/h3,9H,1-2H2/b6-3+. The summed E-state index contributed by atoms with van der Waals surface area (Å²) >= 11 is 0. The summed E-state index contributed by atoms with van der Waals surface area (Å²) in [5.74, 6) is -2.96. The molecule has 9 heavy (non-hydrogen) atoms. The number of rotatable bonds is 2. The van der Waals surface area contributed by atoms with Gasteiger partial charge in [-0.25, -0.2) is 8.78 Å². The van der Waals surface area contributed by atoms with Crippen LogP contribution in [0.25, 0.3) is 0 Å². The summed E-state index contributed by atoms with van der Waals surface area (Å²) in [6, 6.07) is 0. The highest BCUT2D eigenvalue weighted by Gasteiger charge is 1.97. The highest BCUT2D eigenvalue weighted by molar-refractivity contribution is 5.21. The Balaban J connectivity index is 4.17. The van der Waals surface area contributed by atoms with Gasteiger partial charge in [0, 0.05) is 6.08 Å². The maximum Gasteiger partial charge on any atom is 0.161 e. The van der Waals surface area contributed by atoms with Gasteiger partial charge in [-0.15, -0.1) is 0 Å². The number of hydrogen-bond acceptors (Lipinski definition) is 1. The van der Waals surface area contributed by atoms with Gasteiger partial charge in [0.25, 0.3) is 0 Å². The molecule has 0 fully saturated rings. The summed E-state index contributed by atoms with van der Waals surface area (Å²) in [6.07, 6.45) is 0.544. The van der Waals surface area contributed by atoms with Crippen LogP contribution in [-0.4, -0.2) is 5.11 Å². The van der Waals surface area contributed by atoms with Gasteiger partial charge in [-0.2, -0.15) is 0 Å². The molecule has 0 aliphatic carbocycles. The van der Waals surface area contributed by atoms with Gasteiger partial charge >= 0.3 is 0 Å². The Morgan fingerprint density at radius 2 is 1.78 bits per heavy atom. The van der Waals surface area contributed by atoms with Crippen LogP contribution in [0.2, 0.25) is 0 Å². The van der Waals surface area contributed by atoms with Crippen molar-refractivity contribution in [2.75, 3.05) is 0 Å². The van der Waals surface area contributed by atoms with Gasteiger partial charge in [0.2, 0.25) is 0 Å². The third-order valence-corrected chi connectivity index (χ3v) is 0.552. The molecule has 0 aliphatic heterocycles. The SMILES string of the molecule is C=C(O)/C=C(/F)C(=C)F. The van der Waals surface area contributed by atoms with Crippen molar-refractivity contribution in [1.29, 1.82) is 0 Å². The second-order valence-electron chi connectivity index (χ2n) is 1.39. The molecule has 3 heteroatoms. The van der Waals surface area contributed by atoms with Gasteiger partial charge in [0.15, 0.2) is 11.7 Å². The van der Waals surface area contributed by atoms with Crippen molar-refractivity contribution >= 4 is 0 Å². The minimum Gasteiger partial charge on any atom is -0.508 e. The van der Waals surface area contributed by atoms with Crippen LogP contribution in [-0.2, 0) is 0 Å². The maximum atomic E-state index is 11.9. The van der Waals surface area contributed by atoms with Crippen molar-refractivity contribution in [1.82, 2.24) is 0 Å². The molecule has 50 valence electrons. The first-order valence-electron chi connectivity index (χ1n) is 2.14. The number of aliphatic hydroxyl groups is 1. The Bertz CT molecular complexity index is 170. The predicted octanol–water partition coefficient (Wildman–Crippen LogP) is 2.39. The molecule has 0 bridgehead atoms. The molecule has 0 aliphatic rings. The zero-order valence-corrected chi connectivity index (χ0v) is 4.69. The first-order chi connectivity index (χ1) is 4.04. The van der Waals surface area contributed by atoms with Crippen LogP contribution < -0.4 is 0 Å². The Hall–Kier alpha value is -1.12. The number of allylic oxidation sites excluding steroid dienone is 3. The molecular formula is C6H6F2O. The molecular weight excluding hydrogens is 126 g/mol. The highest BCUT2D eigenvalue weighted by atomic mass is 19.2. The fraction of sp³-hybridized carbons (Fsp3) is 0. The lowest BCUT2D eigenvalue weighted by Gasteiger charge is -1.87. The average molecular weight is 132 g/mol. The second-order valence-corrected chi connectivity index (χ2v) is 1.39. The lowest BCUT2D eigenvalue weighted by Crippen LogP contribution is -1.74. The molecule has 0 atom stereocenters. The fourth-order valence-electron chi connectivity index (χ4n) is 0.225. The van der Waals surface area contributed by atoms with Crippen LogP contribution in [0, 0.1) is 0 Å². The molecule has 0 unspecified atom stereocenters. The monoisotopic (exact) mass is 132 g/mol. The van der Waals surface area contributed by atoms with Crippen LogP contribution in [0.1, 0.15) is 0 Å². The van der Waals surface area contributed by atoms with Gasteiger partial charge in [-0.3, -0.25) is 0 Å². The Kier molecular flexibility index (Phi) is 2.64. The lowest BCUT2D eigenvalue weighted by molar-refractivity contribution is 0.429. The fourth-order valence-corrected chi connectivity index (χ4v) is 0.225. The molecule has 0 saturated heterocycles. The van der Waals surface area contributed by atoms with Crippen molar-refractivity contribution in [3.63, 3.8) is 0 Å². The molecule has 0 rings (SSSR count). The molecule has 0 radical (unpaired) electrons. The van der Waals surface area contributed by atoms with Gasteiger partial charge < -0.3 is 5.11 Å². The van der Waals surface area contributed by atoms with E-state index in [0.29, 0.717) is 6.08 Å². The largest absolute Gasteiger partial charge is 0.508 e. The molecule has 1 nitrogen and oxygen atoms in total. The summed E-state index contributed by atoms with van der Waals surface area (Å²) in [6.45, 7) is 5.55. The Morgan fingerprint density at radius 3 is 1.89 bits per heavy atom. The minimum atomic E-state index is -1.22. The van der Waals surface area contributed by atoms with Crippen LogP contribution in [0.3, 0.4) is 0 Å². The van der Waals surface area contributed by atoms with E-state index in [1.807, 2.05) is 0 Å². The van der Waals surface area contributed by atoms with Crippen molar-refractivity contribution in [3.8, 4) is 0 Å². The van der Waals surface area contributed by atoms with Gasteiger partial charge in [-0.05, 0) is 0 Å². The van der Waals surface area contributed by atoms with E-state index in [1.165, 1.54) is 0 Å². The topological polar surface area (TPSA) is 20.2 Å². The molecule has 0 heterocycles. The number of aliphatic hydroxyl groups excluding tert-OH is 1. The summed E-state index contributed by atoms with van der Waals surface area (Å²) in [5.41, 5.74) is 0. The van der Waals surface area contributed by atoms with Crippen molar-refractivity contribution < 1.29 is 13.9 Å². The smallest absolute Gasteiger partial charge is 0.161 e. The van der Waals surface area contributed by atoms with E-state index in [2.05, 4.69) is 13.2 Å². The molecule has 0 saturated carbocycles. The number of halogens is 2. The minimum absolute atomic E-state index is 0.536. The molecule has 1 N–H and O–H groups in total. The second kappa shape index (κ2) is 3.02.